The van der Waals surface area contributed by atoms with Crippen LogP contribution in [0.25, 0.3) is 110 Å². The Hall–Kier alpha value is -6.66. The van der Waals surface area contributed by atoms with Crippen molar-refractivity contribution in [3.05, 3.63) is 134 Å². The molecule has 12 aromatic rings. The summed E-state index contributed by atoms with van der Waals surface area (Å²) in [5.41, 5.74) is 12.3. The second-order valence-electron chi connectivity index (χ2n) is 12.7. The van der Waals surface area contributed by atoms with Crippen LogP contribution in [0.4, 0.5) is 0 Å². The second kappa shape index (κ2) is 8.57. The quantitative estimate of drug-likeness (QED) is 0.195. The van der Waals surface area contributed by atoms with Crippen LogP contribution in [0.5, 0.6) is 0 Å². The highest BCUT2D eigenvalue weighted by Crippen LogP contribution is 2.49. The van der Waals surface area contributed by atoms with Crippen molar-refractivity contribution in [3.8, 4) is 22.5 Å². The molecule has 0 radical (unpaired) electrons. The zero-order valence-corrected chi connectivity index (χ0v) is 25.4. The molecule has 7 aromatic heterocycles. The molecule has 5 aromatic carbocycles. The third kappa shape index (κ3) is 2.81. The Morgan fingerprint density at radius 1 is 0.375 bits per heavy atom. The predicted molar refractivity (Wildman–Crippen MR) is 195 cm³/mol. The summed E-state index contributed by atoms with van der Waals surface area (Å²) in [4.78, 5) is 20.2. The van der Waals surface area contributed by atoms with Gasteiger partial charge in [0.05, 0.1) is 44.5 Å². The summed E-state index contributed by atoms with van der Waals surface area (Å²) in [5, 5.41) is 9.57. The molecule has 0 spiro atoms. The van der Waals surface area contributed by atoms with Crippen molar-refractivity contribution < 1.29 is 0 Å². The third-order valence-corrected chi connectivity index (χ3v) is 10.3. The van der Waals surface area contributed by atoms with Gasteiger partial charge in [0, 0.05) is 79.0 Å². The van der Waals surface area contributed by atoms with Gasteiger partial charge in [-0.15, -0.1) is 0 Å². The van der Waals surface area contributed by atoms with Gasteiger partial charge >= 0.3 is 0 Å². The molecule has 220 valence electrons. The van der Waals surface area contributed by atoms with Crippen molar-refractivity contribution in [2.45, 2.75) is 0 Å². The summed E-state index contributed by atoms with van der Waals surface area (Å²) in [7, 11) is 0. The molecule has 12 rings (SSSR count). The molecule has 0 unspecified atom stereocenters. The maximum absolute atomic E-state index is 5.62. The van der Waals surface area contributed by atoms with Crippen LogP contribution in [-0.2, 0) is 0 Å². The Bertz CT molecular complexity index is 3050. The van der Waals surface area contributed by atoms with E-state index in [1.54, 1.807) is 12.4 Å². The number of hydrogen-bond acceptors (Lipinski definition) is 4. The van der Waals surface area contributed by atoms with E-state index in [2.05, 4.69) is 116 Å². The van der Waals surface area contributed by atoms with E-state index in [1.807, 2.05) is 24.5 Å². The van der Waals surface area contributed by atoms with Gasteiger partial charge in [0.2, 0.25) is 0 Å². The number of para-hydroxylation sites is 4. The van der Waals surface area contributed by atoms with Crippen LogP contribution in [0.1, 0.15) is 0 Å². The Balaban J connectivity index is 1.45. The van der Waals surface area contributed by atoms with Crippen molar-refractivity contribution >= 4 is 87.2 Å². The molecule has 0 saturated heterocycles. The van der Waals surface area contributed by atoms with Gasteiger partial charge in [-0.1, -0.05) is 72.8 Å². The highest BCUT2D eigenvalue weighted by molar-refractivity contribution is 6.39. The van der Waals surface area contributed by atoms with Crippen LogP contribution < -0.4 is 0 Å². The maximum atomic E-state index is 5.62. The topological polar surface area (TPSA) is 60.4 Å². The summed E-state index contributed by atoms with van der Waals surface area (Å²) in [6.45, 7) is 0. The van der Waals surface area contributed by atoms with Gasteiger partial charge in [0.25, 0.3) is 0 Å². The monoisotopic (exact) mass is 610 g/mol. The number of fused-ring (bicyclic) bond motifs is 16. The Labute approximate surface area is 271 Å². The lowest BCUT2D eigenvalue weighted by molar-refractivity contribution is 1.25. The Morgan fingerprint density at radius 3 is 1.27 bits per heavy atom. The van der Waals surface area contributed by atoms with Gasteiger partial charge in [-0.2, -0.15) is 0 Å². The maximum Gasteiger partial charge on any atom is 0.100 e. The molecule has 0 N–H and O–H groups in total. The zero-order chi connectivity index (χ0) is 31.1. The van der Waals surface area contributed by atoms with Crippen molar-refractivity contribution in [1.82, 2.24) is 28.7 Å². The van der Waals surface area contributed by atoms with Gasteiger partial charge in [0.1, 0.15) is 11.0 Å². The molecule has 48 heavy (non-hydrogen) atoms. The van der Waals surface area contributed by atoms with Gasteiger partial charge in [-0.05, 0) is 36.4 Å². The first-order valence-corrected chi connectivity index (χ1v) is 16.1. The number of nitrogens with zero attached hydrogens (tertiary/aromatic N) is 6. The smallest absolute Gasteiger partial charge is 0.100 e. The SMILES string of the molecule is c1cncc(-c2nc3c(nc2-c2cccnc2)c2c4cccc5c6ccccc6n(c54)c2c2c3c3cccc4c5ccccc5n2c43)c1. The number of hydrogen-bond donors (Lipinski definition) is 0. The van der Waals surface area contributed by atoms with Crippen molar-refractivity contribution in [2.24, 2.45) is 0 Å². The summed E-state index contributed by atoms with van der Waals surface area (Å²) in [6, 6.07) is 38.9. The normalized spacial score (nSPS) is 12.6. The fourth-order valence-corrected chi connectivity index (χ4v) is 8.50. The van der Waals surface area contributed by atoms with E-state index in [0.29, 0.717) is 0 Å². The molecule has 0 saturated carbocycles. The average molecular weight is 611 g/mol. The minimum Gasteiger partial charge on any atom is -0.306 e. The number of rotatable bonds is 2. The van der Waals surface area contributed by atoms with Crippen molar-refractivity contribution in [3.63, 3.8) is 0 Å². The minimum absolute atomic E-state index is 0.792. The van der Waals surface area contributed by atoms with Gasteiger partial charge in [0.15, 0.2) is 0 Å². The lowest BCUT2D eigenvalue weighted by Gasteiger charge is -2.13. The first-order valence-electron chi connectivity index (χ1n) is 16.1. The van der Waals surface area contributed by atoms with Crippen LogP contribution in [-0.4, -0.2) is 28.7 Å². The molecule has 0 aliphatic carbocycles. The fourth-order valence-electron chi connectivity index (χ4n) is 8.50. The van der Waals surface area contributed by atoms with E-state index in [1.165, 1.54) is 54.4 Å². The highest BCUT2D eigenvalue weighted by atomic mass is 15.0. The predicted octanol–water partition coefficient (Wildman–Crippen LogP) is 10.1. The first-order chi connectivity index (χ1) is 23.9. The van der Waals surface area contributed by atoms with E-state index in [9.17, 15) is 0 Å². The first kappa shape index (κ1) is 24.6. The van der Waals surface area contributed by atoms with Crippen LogP contribution in [0.3, 0.4) is 0 Å². The lowest BCUT2D eigenvalue weighted by Crippen LogP contribution is -1.98. The third-order valence-electron chi connectivity index (χ3n) is 10.3. The molecule has 0 atom stereocenters. The standard InChI is InChI=1S/C42H22N6/c1-3-17-31-25(11-1)27-13-5-15-29-33-37-38(46-36(24-10-8-20-44-22-24)35(45-37)23-9-7-19-43-21-23)34-30-16-6-14-28-26-12-2-4-18-32(26)48(40(28)30)42(34)41(33)47(31)39(27)29/h1-22H. The largest absolute Gasteiger partial charge is 0.306 e. The van der Waals surface area contributed by atoms with Gasteiger partial charge in [-0.3, -0.25) is 9.97 Å². The number of pyridine rings is 2. The van der Waals surface area contributed by atoms with E-state index in [4.69, 9.17) is 9.97 Å². The number of aromatic nitrogens is 6. The van der Waals surface area contributed by atoms with Gasteiger partial charge < -0.3 is 8.80 Å². The van der Waals surface area contributed by atoms with E-state index >= 15 is 0 Å². The van der Waals surface area contributed by atoms with E-state index < -0.39 is 0 Å². The number of benzene rings is 5. The van der Waals surface area contributed by atoms with Gasteiger partial charge in [-0.25, -0.2) is 9.97 Å². The van der Waals surface area contributed by atoms with Crippen LogP contribution in [0, 0.1) is 0 Å². The van der Waals surface area contributed by atoms with E-state index in [0.717, 1.165) is 55.4 Å². The van der Waals surface area contributed by atoms with E-state index in [-0.39, 0.29) is 0 Å². The molecule has 6 nitrogen and oxygen atoms in total. The summed E-state index contributed by atoms with van der Waals surface area (Å²) in [6.07, 6.45) is 7.34. The molecule has 0 amide bonds. The minimum atomic E-state index is 0.792. The molecule has 7 heterocycles. The molecule has 0 fully saturated rings. The Morgan fingerprint density at radius 2 is 0.812 bits per heavy atom. The highest BCUT2D eigenvalue weighted by Gasteiger charge is 2.29. The second-order valence-corrected chi connectivity index (χ2v) is 12.7. The van der Waals surface area contributed by atoms with Crippen LogP contribution in [0.2, 0.25) is 0 Å². The fraction of sp³-hybridized carbons (Fsp3) is 0. The average Bonchev–Trinajstić information content (AvgIpc) is 3.89. The summed E-state index contributed by atoms with van der Waals surface area (Å²) < 4.78 is 4.97. The molecular formula is C42H22N6. The molecule has 0 aliphatic heterocycles. The summed E-state index contributed by atoms with van der Waals surface area (Å²) >= 11 is 0. The lowest BCUT2D eigenvalue weighted by atomic mass is 10.0. The molecule has 6 heteroatoms. The van der Waals surface area contributed by atoms with Crippen molar-refractivity contribution in [2.75, 3.05) is 0 Å². The Kier molecular flexibility index (Phi) is 4.39. The zero-order valence-electron chi connectivity index (χ0n) is 25.4. The molecular weight excluding hydrogens is 589 g/mol. The van der Waals surface area contributed by atoms with Crippen molar-refractivity contribution in [1.29, 1.82) is 0 Å². The molecule has 0 aliphatic rings. The summed E-state index contributed by atoms with van der Waals surface area (Å²) in [5.74, 6) is 0. The van der Waals surface area contributed by atoms with Crippen LogP contribution in [0.15, 0.2) is 134 Å². The van der Waals surface area contributed by atoms with Crippen LogP contribution >= 0.6 is 0 Å². The molecule has 0 bridgehead atoms.